The molecule has 3 rings (SSSR count). The molecule has 3 aromatic carbocycles. The fourth-order valence-corrected chi connectivity index (χ4v) is 2.41. The van der Waals surface area contributed by atoms with Gasteiger partial charge in [0.15, 0.2) is 6.10 Å². The van der Waals surface area contributed by atoms with E-state index in [9.17, 15) is 14.0 Å². The summed E-state index contributed by atoms with van der Waals surface area (Å²) in [6, 6.07) is 21.3. The fourth-order valence-electron chi connectivity index (χ4n) is 2.41. The van der Waals surface area contributed by atoms with Crippen LogP contribution in [0.4, 0.5) is 10.1 Å². The molecule has 0 aliphatic heterocycles. The Morgan fingerprint density at radius 1 is 0.893 bits per heavy atom. The topological polar surface area (TPSA) is 64.6 Å². The second-order valence-corrected chi connectivity index (χ2v) is 5.93. The van der Waals surface area contributed by atoms with E-state index in [1.807, 2.05) is 18.2 Å². The van der Waals surface area contributed by atoms with Gasteiger partial charge in [0.2, 0.25) is 0 Å². The molecule has 0 bridgehead atoms. The Morgan fingerprint density at radius 2 is 1.54 bits per heavy atom. The van der Waals surface area contributed by atoms with E-state index < -0.39 is 23.8 Å². The Labute approximate surface area is 161 Å². The summed E-state index contributed by atoms with van der Waals surface area (Å²) in [6.07, 6.45) is -1.13. The smallest absolute Gasteiger partial charge is 0.342 e. The summed E-state index contributed by atoms with van der Waals surface area (Å²) in [7, 11) is 0. The zero-order chi connectivity index (χ0) is 19.9. The highest BCUT2D eigenvalue weighted by Gasteiger charge is 2.22. The van der Waals surface area contributed by atoms with Gasteiger partial charge in [0, 0.05) is 0 Å². The van der Waals surface area contributed by atoms with Crippen LogP contribution in [0.5, 0.6) is 11.5 Å². The van der Waals surface area contributed by atoms with Crippen LogP contribution in [0.15, 0.2) is 78.9 Å². The molecular formula is C22H18FNO4. The maximum absolute atomic E-state index is 13.7. The zero-order valence-electron chi connectivity index (χ0n) is 15.1. The molecule has 28 heavy (non-hydrogen) atoms. The van der Waals surface area contributed by atoms with Gasteiger partial charge in [0.1, 0.15) is 22.9 Å². The van der Waals surface area contributed by atoms with Crippen LogP contribution in [0.1, 0.15) is 17.3 Å². The number of anilines is 1. The monoisotopic (exact) mass is 379 g/mol. The second kappa shape index (κ2) is 8.81. The zero-order valence-corrected chi connectivity index (χ0v) is 15.1. The number of hydrogen-bond acceptors (Lipinski definition) is 4. The Bertz CT molecular complexity index is 975. The number of nitrogens with one attached hydrogen (secondary N) is 1. The Balaban J connectivity index is 1.69. The minimum absolute atomic E-state index is 0.0169. The summed E-state index contributed by atoms with van der Waals surface area (Å²) < 4.78 is 24.6. The molecular weight excluding hydrogens is 361 g/mol. The number of para-hydroxylation sites is 3. The first kappa shape index (κ1) is 19.1. The van der Waals surface area contributed by atoms with E-state index in [0.29, 0.717) is 11.5 Å². The van der Waals surface area contributed by atoms with Crippen molar-refractivity contribution in [3.05, 3.63) is 90.2 Å². The van der Waals surface area contributed by atoms with Crippen molar-refractivity contribution in [3.8, 4) is 11.5 Å². The maximum Gasteiger partial charge on any atom is 0.342 e. The van der Waals surface area contributed by atoms with Crippen LogP contribution in [0.2, 0.25) is 0 Å². The molecule has 6 heteroatoms. The molecule has 0 spiro atoms. The normalized spacial score (nSPS) is 11.4. The molecule has 142 valence electrons. The predicted octanol–water partition coefficient (Wildman–Crippen LogP) is 4.80. The quantitative estimate of drug-likeness (QED) is 0.625. The van der Waals surface area contributed by atoms with E-state index in [4.69, 9.17) is 9.47 Å². The molecule has 0 unspecified atom stereocenters. The van der Waals surface area contributed by atoms with Gasteiger partial charge in [0.25, 0.3) is 5.91 Å². The number of benzene rings is 3. The van der Waals surface area contributed by atoms with E-state index in [1.165, 1.54) is 25.1 Å². The Morgan fingerprint density at radius 3 is 2.29 bits per heavy atom. The summed E-state index contributed by atoms with van der Waals surface area (Å²) in [5.74, 6) is -1.06. The predicted molar refractivity (Wildman–Crippen MR) is 103 cm³/mol. The van der Waals surface area contributed by atoms with Gasteiger partial charge in [0.05, 0.1) is 5.69 Å². The third-order valence-electron chi connectivity index (χ3n) is 3.86. The van der Waals surface area contributed by atoms with Gasteiger partial charge < -0.3 is 14.8 Å². The minimum atomic E-state index is -1.13. The Hall–Kier alpha value is -3.67. The molecule has 1 atom stereocenters. The summed E-state index contributed by atoms with van der Waals surface area (Å²) in [5, 5.41) is 2.40. The largest absolute Gasteiger partial charge is 0.456 e. The lowest BCUT2D eigenvalue weighted by atomic mass is 10.2. The summed E-state index contributed by atoms with van der Waals surface area (Å²) in [5.41, 5.74) is 0.195. The molecule has 0 radical (unpaired) electrons. The van der Waals surface area contributed by atoms with Crippen molar-refractivity contribution in [2.75, 3.05) is 5.32 Å². The van der Waals surface area contributed by atoms with E-state index in [-0.39, 0.29) is 11.3 Å². The van der Waals surface area contributed by atoms with Crippen molar-refractivity contribution in [1.82, 2.24) is 0 Å². The maximum atomic E-state index is 13.7. The van der Waals surface area contributed by atoms with Gasteiger partial charge in [-0.2, -0.15) is 0 Å². The molecule has 5 nitrogen and oxygen atoms in total. The highest BCUT2D eigenvalue weighted by molar-refractivity contribution is 5.98. The average Bonchev–Trinajstić information content (AvgIpc) is 2.70. The number of amides is 1. The second-order valence-electron chi connectivity index (χ2n) is 5.93. The lowest BCUT2D eigenvalue weighted by Crippen LogP contribution is -2.30. The van der Waals surface area contributed by atoms with Gasteiger partial charge in [-0.15, -0.1) is 0 Å². The van der Waals surface area contributed by atoms with Gasteiger partial charge in [-0.1, -0.05) is 42.5 Å². The number of carbonyl (C=O) groups excluding carboxylic acids is 2. The molecule has 0 saturated heterocycles. The van der Waals surface area contributed by atoms with Crippen molar-refractivity contribution in [2.45, 2.75) is 13.0 Å². The minimum Gasteiger partial charge on any atom is -0.456 e. The van der Waals surface area contributed by atoms with Crippen molar-refractivity contribution in [2.24, 2.45) is 0 Å². The van der Waals surface area contributed by atoms with Crippen LogP contribution in [-0.4, -0.2) is 18.0 Å². The van der Waals surface area contributed by atoms with Crippen molar-refractivity contribution in [1.29, 1.82) is 0 Å². The standard InChI is InChI=1S/C22H18FNO4/c1-15(21(25)24-19-13-7-6-12-18(19)23)27-22(26)17-11-5-8-14-20(17)28-16-9-3-2-4-10-16/h2-15H,1H3,(H,24,25)/t15-/m1/s1. The van der Waals surface area contributed by atoms with Gasteiger partial charge >= 0.3 is 5.97 Å². The van der Waals surface area contributed by atoms with Gasteiger partial charge in [-0.25, -0.2) is 9.18 Å². The fraction of sp³-hybridized carbons (Fsp3) is 0.0909. The van der Waals surface area contributed by atoms with E-state index in [1.54, 1.807) is 42.5 Å². The third kappa shape index (κ3) is 4.73. The molecule has 3 aromatic rings. The highest BCUT2D eigenvalue weighted by Crippen LogP contribution is 2.26. The van der Waals surface area contributed by atoms with Crippen LogP contribution in [-0.2, 0) is 9.53 Å². The first-order chi connectivity index (χ1) is 13.5. The van der Waals surface area contributed by atoms with Crippen LogP contribution < -0.4 is 10.1 Å². The van der Waals surface area contributed by atoms with E-state index >= 15 is 0 Å². The summed E-state index contributed by atoms with van der Waals surface area (Å²) >= 11 is 0. The first-order valence-electron chi connectivity index (χ1n) is 8.63. The van der Waals surface area contributed by atoms with E-state index in [0.717, 1.165) is 0 Å². The molecule has 0 heterocycles. The number of carbonyl (C=O) groups is 2. The lowest BCUT2D eigenvalue weighted by Gasteiger charge is -2.15. The van der Waals surface area contributed by atoms with Gasteiger partial charge in [-0.05, 0) is 43.3 Å². The molecule has 0 aliphatic rings. The van der Waals surface area contributed by atoms with E-state index in [2.05, 4.69) is 5.32 Å². The summed E-state index contributed by atoms with van der Waals surface area (Å²) in [6.45, 7) is 1.41. The Kier molecular flexibility index (Phi) is 6.01. The molecule has 0 aliphatic carbocycles. The van der Waals surface area contributed by atoms with Crippen LogP contribution in [0.3, 0.4) is 0 Å². The first-order valence-corrected chi connectivity index (χ1v) is 8.63. The number of rotatable bonds is 6. The van der Waals surface area contributed by atoms with Crippen molar-refractivity contribution in [3.63, 3.8) is 0 Å². The molecule has 1 amide bonds. The molecule has 1 N–H and O–H groups in total. The van der Waals surface area contributed by atoms with Crippen LogP contribution in [0, 0.1) is 5.82 Å². The number of esters is 1. The number of halogens is 1. The number of ether oxygens (including phenoxy) is 2. The van der Waals surface area contributed by atoms with Crippen molar-refractivity contribution >= 4 is 17.6 Å². The van der Waals surface area contributed by atoms with Gasteiger partial charge in [-0.3, -0.25) is 4.79 Å². The molecule has 0 aromatic heterocycles. The molecule has 0 saturated carbocycles. The lowest BCUT2D eigenvalue weighted by molar-refractivity contribution is -0.123. The van der Waals surface area contributed by atoms with Crippen LogP contribution >= 0.6 is 0 Å². The van der Waals surface area contributed by atoms with Crippen LogP contribution in [0.25, 0.3) is 0 Å². The molecule has 0 fully saturated rings. The number of hydrogen-bond donors (Lipinski definition) is 1. The summed E-state index contributed by atoms with van der Waals surface area (Å²) in [4.78, 5) is 24.8. The van der Waals surface area contributed by atoms with Crippen molar-refractivity contribution < 1.29 is 23.5 Å². The third-order valence-corrected chi connectivity index (χ3v) is 3.86. The average molecular weight is 379 g/mol. The SMILES string of the molecule is C[C@@H](OC(=O)c1ccccc1Oc1ccccc1)C(=O)Nc1ccccc1F. The highest BCUT2D eigenvalue weighted by atomic mass is 19.1.